The number of ketones is 1. The fourth-order valence-electron chi connectivity index (χ4n) is 2.75. The fraction of sp³-hybridized carbons (Fsp3) is 0.278. The van der Waals surface area contributed by atoms with Crippen LogP contribution in [0.4, 0.5) is 0 Å². The van der Waals surface area contributed by atoms with Gasteiger partial charge in [-0.3, -0.25) is 4.79 Å². The molecule has 2 aromatic carbocycles. The molecule has 2 heteroatoms. The quantitative estimate of drug-likeness (QED) is 0.839. The molecule has 0 amide bonds. The van der Waals surface area contributed by atoms with Crippen LogP contribution in [0.3, 0.4) is 0 Å². The first-order valence-corrected chi connectivity index (χ1v) is 6.99. The molecule has 0 aliphatic heterocycles. The molecule has 20 heavy (non-hydrogen) atoms. The smallest absolute Gasteiger partial charge is 0.163 e. The Hall–Kier alpha value is -2.09. The lowest BCUT2D eigenvalue weighted by molar-refractivity contribution is 0.0994. The average Bonchev–Trinajstić information content (AvgIpc) is 2.79. The van der Waals surface area contributed by atoms with E-state index in [0.717, 1.165) is 23.3 Å². The van der Waals surface area contributed by atoms with Gasteiger partial charge in [0.25, 0.3) is 0 Å². The monoisotopic (exact) mass is 266 g/mol. The van der Waals surface area contributed by atoms with Crippen molar-refractivity contribution < 1.29 is 9.53 Å². The van der Waals surface area contributed by atoms with Crippen LogP contribution in [0.15, 0.2) is 36.4 Å². The van der Waals surface area contributed by atoms with Gasteiger partial charge in [-0.2, -0.15) is 0 Å². The van der Waals surface area contributed by atoms with Crippen molar-refractivity contribution in [1.82, 2.24) is 0 Å². The van der Waals surface area contributed by atoms with Gasteiger partial charge < -0.3 is 4.74 Å². The maximum atomic E-state index is 11.6. The highest BCUT2D eigenvalue weighted by Crippen LogP contribution is 2.27. The summed E-state index contributed by atoms with van der Waals surface area (Å²) in [6.07, 6.45) is 1.48. The number of Topliss-reactive ketones (excluding diaryl/α,β-unsaturated/α-hetero) is 1. The SMILES string of the molecule is Cc1cccc(C)c1COc1ccc2c(c1)CCC2=O. The van der Waals surface area contributed by atoms with Gasteiger partial charge in [0, 0.05) is 12.0 Å². The molecule has 2 aromatic rings. The van der Waals surface area contributed by atoms with Gasteiger partial charge in [-0.1, -0.05) is 18.2 Å². The zero-order valence-electron chi connectivity index (χ0n) is 11.9. The maximum Gasteiger partial charge on any atom is 0.163 e. The highest BCUT2D eigenvalue weighted by atomic mass is 16.5. The molecule has 0 heterocycles. The van der Waals surface area contributed by atoms with Crippen molar-refractivity contribution in [2.75, 3.05) is 0 Å². The molecule has 0 bridgehead atoms. The Labute approximate surface area is 119 Å². The average molecular weight is 266 g/mol. The summed E-state index contributed by atoms with van der Waals surface area (Å²) in [5, 5.41) is 0. The van der Waals surface area contributed by atoms with Crippen molar-refractivity contribution in [2.45, 2.75) is 33.3 Å². The van der Waals surface area contributed by atoms with Crippen molar-refractivity contribution >= 4 is 5.78 Å². The minimum atomic E-state index is 0.251. The Balaban J connectivity index is 1.78. The molecule has 0 aromatic heterocycles. The van der Waals surface area contributed by atoms with E-state index in [1.807, 2.05) is 18.2 Å². The predicted molar refractivity (Wildman–Crippen MR) is 79.3 cm³/mol. The van der Waals surface area contributed by atoms with Crippen LogP contribution >= 0.6 is 0 Å². The van der Waals surface area contributed by atoms with E-state index in [1.54, 1.807) is 0 Å². The van der Waals surface area contributed by atoms with E-state index in [9.17, 15) is 4.79 Å². The largest absolute Gasteiger partial charge is 0.489 e. The molecule has 0 N–H and O–H groups in total. The number of carbonyl (C=O) groups is 1. The third kappa shape index (κ3) is 2.34. The summed E-state index contributed by atoms with van der Waals surface area (Å²) in [4.78, 5) is 11.6. The number of fused-ring (bicyclic) bond motifs is 1. The molecule has 0 unspecified atom stereocenters. The number of rotatable bonds is 3. The van der Waals surface area contributed by atoms with Crippen LogP contribution in [-0.4, -0.2) is 5.78 Å². The highest BCUT2D eigenvalue weighted by Gasteiger charge is 2.19. The van der Waals surface area contributed by atoms with Crippen LogP contribution in [0, 0.1) is 13.8 Å². The van der Waals surface area contributed by atoms with Gasteiger partial charge >= 0.3 is 0 Å². The molecule has 1 aliphatic rings. The van der Waals surface area contributed by atoms with Gasteiger partial charge in [0.15, 0.2) is 5.78 Å². The predicted octanol–water partition coefficient (Wildman–Crippen LogP) is 4.01. The van der Waals surface area contributed by atoms with Gasteiger partial charge in [0.2, 0.25) is 0 Å². The van der Waals surface area contributed by atoms with Gasteiger partial charge in [0.1, 0.15) is 12.4 Å². The molecule has 2 nitrogen and oxygen atoms in total. The van der Waals surface area contributed by atoms with Crippen molar-refractivity contribution in [1.29, 1.82) is 0 Å². The van der Waals surface area contributed by atoms with E-state index in [0.29, 0.717) is 13.0 Å². The summed E-state index contributed by atoms with van der Waals surface area (Å²) in [6, 6.07) is 12.1. The van der Waals surface area contributed by atoms with E-state index in [1.165, 1.54) is 16.7 Å². The zero-order chi connectivity index (χ0) is 14.1. The molecule has 102 valence electrons. The van der Waals surface area contributed by atoms with Crippen molar-refractivity contribution in [3.63, 3.8) is 0 Å². The number of carbonyl (C=O) groups excluding carboxylic acids is 1. The Morgan fingerprint density at radius 2 is 1.80 bits per heavy atom. The molecule has 1 aliphatic carbocycles. The maximum absolute atomic E-state index is 11.6. The molecule has 0 saturated heterocycles. The number of hydrogen-bond donors (Lipinski definition) is 0. The first-order valence-electron chi connectivity index (χ1n) is 6.99. The number of ether oxygens (including phenoxy) is 1. The van der Waals surface area contributed by atoms with Crippen LogP contribution in [0.2, 0.25) is 0 Å². The summed E-state index contributed by atoms with van der Waals surface area (Å²) in [5.41, 5.74) is 5.73. The Morgan fingerprint density at radius 1 is 1.05 bits per heavy atom. The molecular weight excluding hydrogens is 248 g/mol. The Bertz CT molecular complexity index is 651. The number of aryl methyl sites for hydroxylation is 3. The second kappa shape index (κ2) is 5.12. The lowest BCUT2D eigenvalue weighted by Gasteiger charge is -2.12. The normalized spacial score (nSPS) is 13.4. The van der Waals surface area contributed by atoms with Gasteiger partial charge in [-0.25, -0.2) is 0 Å². The third-order valence-corrected chi connectivity index (χ3v) is 4.03. The van der Waals surface area contributed by atoms with Crippen LogP contribution in [0.25, 0.3) is 0 Å². The topological polar surface area (TPSA) is 26.3 Å². The van der Waals surface area contributed by atoms with Crippen LogP contribution < -0.4 is 4.74 Å². The van der Waals surface area contributed by atoms with E-state index < -0.39 is 0 Å². The van der Waals surface area contributed by atoms with Crippen molar-refractivity contribution in [3.05, 3.63) is 64.2 Å². The Kier molecular flexibility index (Phi) is 3.31. The zero-order valence-corrected chi connectivity index (χ0v) is 11.9. The minimum absolute atomic E-state index is 0.251. The van der Waals surface area contributed by atoms with Gasteiger partial charge in [-0.15, -0.1) is 0 Å². The Morgan fingerprint density at radius 3 is 2.55 bits per heavy atom. The highest BCUT2D eigenvalue weighted by molar-refractivity contribution is 6.00. The van der Waals surface area contributed by atoms with Crippen LogP contribution in [0.5, 0.6) is 5.75 Å². The molecule has 0 saturated carbocycles. The van der Waals surface area contributed by atoms with Crippen molar-refractivity contribution in [2.24, 2.45) is 0 Å². The second-order valence-corrected chi connectivity index (χ2v) is 5.40. The van der Waals surface area contributed by atoms with Crippen LogP contribution in [-0.2, 0) is 13.0 Å². The third-order valence-electron chi connectivity index (χ3n) is 4.03. The first-order chi connectivity index (χ1) is 9.65. The first kappa shape index (κ1) is 12.9. The molecule has 0 fully saturated rings. The number of hydrogen-bond acceptors (Lipinski definition) is 2. The lowest BCUT2D eigenvalue weighted by atomic mass is 10.0. The fourth-order valence-corrected chi connectivity index (χ4v) is 2.75. The molecule has 0 atom stereocenters. The standard InChI is InChI=1S/C18H18O2/c1-12-4-3-5-13(2)17(12)11-20-15-7-8-16-14(10-15)6-9-18(16)19/h3-5,7-8,10H,6,9,11H2,1-2H3. The van der Waals surface area contributed by atoms with E-state index in [2.05, 4.69) is 32.0 Å². The summed E-state index contributed by atoms with van der Waals surface area (Å²) >= 11 is 0. The summed E-state index contributed by atoms with van der Waals surface area (Å²) < 4.78 is 5.90. The summed E-state index contributed by atoms with van der Waals surface area (Å²) in [7, 11) is 0. The van der Waals surface area contributed by atoms with E-state index >= 15 is 0 Å². The second-order valence-electron chi connectivity index (χ2n) is 5.40. The molecule has 0 radical (unpaired) electrons. The van der Waals surface area contributed by atoms with Crippen LogP contribution in [0.1, 0.15) is 39.0 Å². The van der Waals surface area contributed by atoms with Gasteiger partial charge in [0.05, 0.1) is 0 Å². The molecule has 0 spiro atoms. The molecular formula is C18H18O2. The lowest BCUT2D eigenvalue weighted by Crippen LogP contribution is -2.01. The van der Waals surface area contributed by atoms with E-state index in [4.69, 9.17) is 4.74 Å². The summed E-state index contributed by atoms with van der Waals surface area (Å²) in [6.45, 7) is 4.78. The number of benzene rings is 2. The summed E-state index contributed by atoms with van der Waals surface area (Å²) in [5.74, 6) is 1.10. The molecule has 3 rings (SSSR count). The van der Waals surface area contributed by atoms with Gasteiger partial charge in [-0.05, 0) is 60.7 Å². The minimum Gasteiger partial charge on any atom is -0.489 e. The van der Waals surface area contributed by atoms with Crippen molar-refractivity contribution in [3.8, 4) is 5.75 Å². The van der Waals surface area contributed by atoms with E-state index in [-0.39, 0.29) is 5.78 Å².